The summed E-state index contributed by atoms with van der Waals surface area (Å²) >= 11 is 0. The van der Waals surface area contributed by atoms with E-state index >= 15 is 0 Å². The zero-order valence-electron chi connectivity index (χ0n) is 12.5. The Morgan fingerprint density at radius 3 is 2.38 bits per heavy atom. The molecule has 1 aromatic carbocycles. The molecule has 106 valence electrons. The van der Waals surface area contributed by atoms with Gasteiger partial charge in [0.05, 0.1) is 0 Å². The van der Waals surface area contributed by atoms with E-state index in [1.165, 1.54) is 0 Å². The van der Waals surface area contributed by atoms with Crippen LogP contribution in [0, 0.1) is 6.92 Å². The highest BCUT2D eigenvalue weighted by atomic mass is 15.3. The van der Waals surface area contributed by atoms with Crippen LogP contribution in [0.1, 0.15) is 31.3 Å². The molecule has 0 N–H and O–H groups in total. The van der Waals surface area contributed by atoms with Crippen molar-refractivity contribution >= 4 is 0 Å². The van der Waals surface area contributed by atoms with Gasteiger partial charge in [0, 0.05) is 29.1 Å². The minimum atomic E-state index is 0.295. The van der Waals surface area contributed by atoms with Crippen LogP contribution in [-0.2, 0) is 0 Å². The van der Waals surface area contributed by atoms with Gasteiger partial charge >= 0.3 is 0 Å². The summed E-state index contributed by atoms with van der Waals surface area (Å²) in [7, 11) is 0. The van der Waals surface area contributed by atoms with Crippen molar-refractivity contribution in [3.05, 3.63) is 60.2 Å². The number of hydrogen-bond acceptors (Lipinski definition) is 3. The lowest BCUT2D eigenvalue weighted by Crippen LogP contribution is -2.05. The first kappa shape index (κ1) is 13.5. The van der Waals surface area contributed by atoms with E-state index < -0.39 is 0 Å². The van der Waals surface area contributed by atoms with E-state index in [0.29, 0.717) is 5.92 Å². The van der Waals surface area contributed by atoms with Crippen molar-refractivity contribution in [2.45, 2.75) is 26.7 Å². The fourth-order valence-corrected chi connectivity index (χ4v) is 2.40. The first-order valence-electron chi connectivity index (χ1n) is 7.11. The van der Waals surface area contributed by atoms with Crippen molar-refractivity contribution in [1.82, 2.24) is 19.7 Å². The van der Waals surface area contributed by atoms with E-state index in [0.717, 1.165) is 28.6 Å². The van der Waals surface area contributed by atoms with Gasteiger partial charge in [0.15, 0.2) is 5.82 Å². The third-order valence-electron chi connectivity index (χ3n) is 3.47. The minimum absolute atomic E-state index is 0.295. The van der Waals surface area contributed by atoms with Crippen LogP contribution in [0.4, 0.5) is 0 Å². The Bertz CT molecular complexity index is 744. The van der Waals surface area contributed by atoms with Crippen molar-refractivity contribution in [2.24, 2.45) is 0 Å². The predicted octanol–water partition coefficient (Wildman–Crippen LogP) is 3.76. The number of rotatable bonds is 3. The van der Waals surface area contributed by atoms with Gasteiger partial charge in [0.1, 0.15) is 5.82 Å². The van der Waals surface area contributed by atoms with Crippen LogP contribution >= 0.6 is 0 Å². The number of pyridine rings is 1. The maximum absolute atomic E-state index is 4.42. The highest BCUT2D eigenvalue weighted by molar-refractivity contribution is 5.61. The molecule has 21 heavy (non-hydrogen) atoms. The topological polar surface area (TPSA) is 43.6 Å². The van der Waals surface area contributed by atoms with Crippen LogP contribution in [-0.4, -0.2) is 19.7 Å². The van der Waals surface area contributed by atoms with Crippen LogP contribution in [0.25, 0.3) is 17.1 Å². The van der Waals surface area contributed by atoms with Gasteiger partial charge in [0.2, 0.25) is 0 Å². The monoisotopic (exact) mass is 278 g/mol. The molecule has 0 radical (unpaired) electrons. The van der Waals surface area contributed by atoms with Gasteiger partial charge in [-0.3, -0.25) is 9.55 Å². The Morgan fingerprint density at radius 1 is 0.952 bits per heavy atom. The summed E-state index contributed by atoms with van der Waals surface area (Å²) in [4.78, 5) is 4.36. The quantitative estimate of drug-likeness (QED) is 0.732. The van der Waals surface area contributed by atoms with Crippen LogP contribution < -0.4 is 0 Å². The molecule has 0 saturated heterocycles. The molecular weight excluding hydrogens is 260 g/mol. The standard InChI is InChI=1S/C17H18N4/c1-12(2)16-19-20-17(15-10-7-11-18-13(15)3)21(16)14-8-5-4-6-9-14/h4-12H,1-3H3. The third-order valence-corrected chi connectivity index (χ3v) is 3.47. The van der Waals surface area contributed by atoms with Crippen LogP contribution in [0.5, 0.6) is 0 Å². The molecule has 0 aliphatic carbocycles. The Hall–Kier alpha value is -2.49. The van der Waals surface area contributed by atoms with E-state index in [9.17, 15) is 0 Å². The largest absolute Gasteiger partial charge is 0.279 e. The molecule has 0 aliphatic heterocycles. The summed E-state index contributed by atoms with van der Waals surface area (Å²) in [6, 6.07) is 14.2. The van der Waals surface area contributed by atoms with Gasteiger partial charge in [-0.25, -0.2) is 0 Å². The smallest absolute Gasteiger partial charge is 0.170 e. The van der Waals surface area contributed by atoms with Crippen molar-refractivity contribution in [3.8, 4) is 17.1 Å². The lowest BCUT2D eigenvalue weighted by molar-refractivity contribution is 0.746. The number of nitrogens with zero attached hydrogens (tertiary/aromatic N) is 4. The zero-order chi connectivity index (χ0) is 14.8. The molecule has 3 rings (SSSR count). The second-order valence-electron chi connectivity index (χ2n) is 5.34. The van der Waals surface area contributed by atoms with E-state index in [1.54, 1.807) is 6.20 Å². The van der Waals surface area contributed by atoms with E-state index in [-0.39, 0.29) is 0 Å². The van der Waals surface area contributed by atoms with Gasteiger partial charge < -0.3 is 0 Å². The Labute approximate surface area is 124 Å². The highest BCUT2D eigenvalue weighted by Gasteiger charge is 2.18. The fraction of sp³-hybridized carbons (Fsp3) is 0.235. The fourth-order valence-electron chi connectivity index (χ4n) is 2.40. The molecule has 0 aliphatic rings. The molecule has 0 fully saturated rings. The first-order valence-corrected chi connectivity index (χ1v) is 7.11. The maximum atomic E-state index is 4.42. The van der Waals surface area contributed by atoms with E-state index in [2.05, 4.69) is 45.7 Å². The lowest BCUT2D eigenvalue weighted by Gasteiger charge is -2.13. The van der Waals surface area contributed by atoms with Crippen molar-refractivity contribution in [2.75, 3.05) is 0 Å². The number of hydrogen-bond donors (Lipinski definition) is 0. The summed E-state index contributed by atoms with van der Waals surface area (Å²) in [5.74, 6) is 2.10. The Morgan fingerprint density at radius 2 is 1.71 bits per heavy atom. The highest BCUT2D eigenvalue weighted by Crippen LogP contribution is 2.27. The van der Waals surface area contributed by atoms with Gasteiger partial charge in [-0.2, -0.15) is 0 Å². The second kappa shape index (κ2) is 5.48. The zero-order valence-corrected chi connectivity index (χ0v) is 12.5. The molecule has 2 aromatic heterocycles. The number of aromatic nitrogens is 4. The molecule has 4 nitrogen and oxygen atoms in total. The molecule has 0 bridgehead atoms. The summed E-state index contributed by atoms with van der Waals surface area (Å²) in [6.45, 7) is 6.25. The summed E-state index contributed by atoms with van der Waals surface area (Å²) < 4.78 is 2.12. The van der Waals surface area contributed by atoms with Crippen molar-refractivity contribution in [3.63, 3.8) is 0 Å². The molecule has 4 heteroatoms. The molecular formula is C17H18N4. The molecule has 2 heterocycles. The molecule has 0 unspecified atom stereocenters. The SMILES string of the molecule is Cc1ncccc1-c1nnc(C(C)C)n1-c1ccccc1. The normalized spacial score (nSPS) is 11.0. The van der Waals surface area contributed by atoms with Gasteiger partial charge in [-0.15, -0.1) is 10.2 Å². The molecule has 0 atom stereocenters. The van der Waals surface area contributed by atoms with Crippen LogP contribution in [0.15, 0.2) is 48.7 Å². The number of benzene rings is 1. The van der Waals surface area contributed by atoms with E-state index in [4.69, 9.17) is 0 Å². The Balaban J connectivity index is 2.26. The lowest BCUT2D eigenvalue weighted by atomic mass is 10.1. The van der Waals surface area contributed by atoms with Crippen LogP contribution in [0.3, 0.4) is 0 Å². The number of aryl methyl sites for hydroxylation is 1. The first-order chi connectivity index (χ1) is 10.2. The predicted molar refractivity (Wildman–Crippen MR) is 83.4 cm³/mol. The molecule has 3 aromatic rings. The third kappa shape index (κ3) is 2.44. The molecule has 0 spiro atoms. The maximum Gasteiger partial charge on any atom is 0.170 e. The van der Waals surface area contributed by atoms with Crippen molar-refractivity contribution < 1.29 is 0 Å². The number of para-hydroxylation sites is 1. The average molecular weight is 278 g/mol. The molecule has 0 amide bonds. The average Bonchev–Trinajstić information content (AvgIpc) is 2.93. The van der Waals surface area contributed by atoms with Gasteiger partial charge in [0.25, 0.3) is 0 Å². The molecule has 0 saturated carbocycles. The Kier molecular flexibility index (Phi) is 3.52. The van der Waals surface area contributed by atoms with Crippen LogP contribution in [0.2, 0.25) is 0 Å². The minimum Gasteiger partial charge on any atom is -0.279 e. The van der Waals surface area contributed by atoms with E-state index in [1.807, 2.05) is 37.3 Å². The van der Waals surface area contributed by atoms with Gasteiger partial charge in [-0.1, -0.05) is 32.0 Å². The second-order valence-corrected chi connectivity index (χ2v) is 5.34. The summed E-state index contributed by atoms with van der Waals surface area (Å²) in [5, 5.41) is 8.81. The van der Waals surface area contributed by atoms with Crippen molar-refractivity contribution in [1.29, 1.82) is 0 Å². The summed E-state index contributed by atoms with van der Waals surface area (Å²) in [6.07, 6.45) is 1.80. The van der Waals surface area contributed by atoms with Gasteiger partial charge in [-0.05, 0) is 31.2 Å². The summed E-state index contributed by atoms with van der Waals surface area (Å²) in [5.41, 5.74) is 3.04.